The third-order valence-electron chi connectivity index (χ3n) is 3.79. The first-order chi connectivity index (χ1) is 11.0. The molecule has 2 aliphatic heterocycles. The molecule has 1 N–H and O–H groups in total. The number of rotatable bonds is 2. The van der Waals surface area contributed by atoms with Crippen molar-refractivity contribution in [2.24, 2.45) is 5.10 Å². The molecular formula is C14H15ClN4O3S. The van der Waals surface area contributed by atoms with Crippen molar-refractivity contribution in [3.05, 3.63) is 21.3 Å². The van der Waals surface area contributed by atoms with E-state index in [1.165, 1.54) is 11.3 Å². The Kier molecular flexibility index (Phi) is 4.63. The molecule has 1 aromatic rings. The molecule has 0 unspecified atom stereocenters. The average molecular weight is 355 g/mol. The SMILES string of the molecule is O=C1CCC(C(=O)N2CCN(C(=O)c3ccc(Cl)s3)CC2)=NN1. The van der Waals surface area contributed by atoms with Gasteiger partial charge in [0.2, 0.25) is 5.91 Å². The summed E-state index contributed by atoms with van der Waals surface area (Å²) in [6.07, 6.45) is 0.639. The van der Waals surface area contributed by atoms with Gasteiger partial charge in [0.05, 0.1) is 9.21 Å². The lowest BCUT2D eigenvalue weighted by molar-refractivity contribution is -0.126. The fraction of sp³-hybridized carbons (Fsp3) is 0.429. The standard InChI is InChI=1S/C14H15ClN4O3S/c15-11-3-2-10(23-11)14(22)19-7-5-18(6-8-19)13(21)9-1-4-12(20)17-16-9/h2-3H,1,4-8H2,(H,17,20). The fourth-order valence-corrected chi connectivity index (χ4v) is 3.52. The van der Waals surface area contributed by atoms with Crippen LogP contribution in [0.3, 0.4) is 0 Å². The van der Waals surface area contributed by atoms with Gasteiger partial charge in [-0.15, -0.1) is 11.3 Å². The highest BCUT2D eigenvalue weighted by atomic mass is 35.5. The van der Waals surface area contributed by atoms with Crippen LogP contribution in [0.5, 0.6) is 0 Å². The predicted molar refractivity (Wildman–Crippen MR) is 86.6 cm³/mol. The Labute approximate surface area is 141 Å². The van der Waals surface area contributed by atoms with Gasteiger partial charge in [0.15, 0.2) is 0 Å². The quantitative estimate of drug-likeness (QED) is 0.858. The van der Waals surface area contributed by atoms with E-state index in [0.29, 0.717) is 47.5 Å². The van der Waals surface area contributed by atoms with Gasteiger partial charge in [-0.3, -0.25) is 14.4 Å². The van der Waals surface area contributed by atoms with Crippen molar-refractivity contribution in [2.75, 3.05) is 26.2 Å². The third kappa shape index (κ3) is 3.53. The maximum Gasteiger partial charge on any atom is 0.270 e. The zero-order chi connectivity index (χ0) is 16.4. The molecule has 1 aromatic heterocycles. The normalized spacial score (nSPS) is 18.5. The summed E-state index contributed by atoms with van der Waals surface area (Å²) in [5.41, 5.74) is 2.70. The summed E-state index contributed by atoms with van der Waals surface area (Å²) in [6.45, 7) is 1.85. The largest absolute Gasteiger partial charge is 0.334 e. The van der Waals surface area contributed by atoms with E-state index >= 15 is 0 Å². The Hall–Kier alpha value is -1.93. The molecule has 23 heavy (non-hydrogen) atoms. The highest BCUT2D eigenvalue weighted by Gasteiger charge is 2.29. The molecule has 7 nitrogen and oxygen atoms in total. The Bertz CT molecular complexity index is 679. The highest BCUT2D eigenvalue weighted by Crippen LogP contribution is 2.23. The number of thiophene rings is 1. The lowest BCUT2D eigenvalue weighted by Gasteiger charge is -2.34. The summed E-state index contributed by atoms with van der Waals surface area (Å²) < 4.78 is 0.583. The molecule has 3 amide bonds. The van der Waals surface area contributed by atoms with Gasteiger partial charge < -0.3 is 9.80 Å². The van der Waals surface area contributed by atoms with E-state index in [1.54, 1.807) is 21.9 Å². The molecule has 0 radical (unpaired) electrons. The molecule has 3 heterocycles. The summed E-state index contributed by atoms with van der Waals surface area (Å²) in [7, 11) is 0. The van der Waals surface area contributed by atoms with Crippen LogP contribution in [0.4, 0.5) is 0 Å². The molecule has 122 valence electrons. The molecule has 9 heteroatoms. The van der Waals surface area contributed by atoms with E-state index in [-0.39, 0.29) is 24.1 Å². The molecule has 0 bridgehead atoms. The second kappa shape index (κ2) is 6.67. The average Bonchev–Trinajstić information content (AvgIpc) is 3.01. The summed E-state index contributed by atoms with van der Waals surface area (Å²) in [4.78, 5) is 39.7. The first-order valence-electron chi connectivity index (χ1n) is 7.24. The van der Waals surface area contributed by atoms with Crippen molar-refractivity contribution < 1.29 is 14.4 Å². The van der Waals surface area contributed by atoms with Crippen LogP contribution >= 0.6 is 22.9 Å². The van der Waals surface area contributed by atoms with E-state index < -0.39 is 0 Å². The van der Waals surface area contributed by atoms with Crippen molar-refractivity contribution in [1.82, 2.24) is 15.2 Å². The first kappa shape index (κ1) is 15.9. The number of halogens is 1. The molecular weight excluding hydrogens is 340 g/mol. The molecule has 0 aliphatic carbocycles. The van der Waals surface area contributed by atoms with Crippen molar-refractivity contribution in [3.8, 4) is 0 Å². The molecule has 1 fully saturated rings. The number of piperazine rings is 1. The monoisotopic (exact) mass is 354 g/mol. The van der Waals surface area contributed by atoms with Crippen LogP contribution in [0.25, 0.3) is 0 Å². The molecule has 0 saturated carbocycles. The number of carbonyl (C=O) groups is 3. The number of hydrazone groups is 1. The van der Waals surface area contributed by atoms with E-state index in [4.69, 9.17) is 11.6 Å². The smallest absolute Gasteiger partial charge is 0.270 e. The number of hydrogen-bond acceptors (Lipinski definition) is 5. The van der Waals surface area contributed by atoms with Crippen molar-refractivity contribution in [2.45, 2.75) is 12.8 Å². The minimum absolute atomic E-state index is 0.0590. The second-order valence-electron chi connectivity index (χ2n) is 5.28. The molecule has 0 atom stereocenters. The van der Waals surface area contributed by atoms with Crippen LogP contribution in [0, 0.1) is 0 Å². The number of hydrogen-bond donors (Lipinski definition) is 1. The summed E-state index contributed by atoms with van der Waals surface area (Å²) in [5, 5.41) is 3.82. The number of nitrogens with one attached hydrogen (secondary N) is 1. The second-order valence-corrected chi connectivity index (χ2v) is 7.00. The molecule has 3 rings (SSSR count). The number of carbonyl (C=O) groups excluding carboxylic acids is 3. The van der Waals surface area contributed by atoms with Crippen LogP contribution in [-0.4, -0.2) is 59.4 Å². The van der Waals surface area contributed by atoms with Gasteiger partial charge in [0.25, 0.3) is 11.8 Å². The lowest BCUT2D eigenvalue weighted by Crippen LogP contribution is -2.52. The minimum Gasteiger partial charge on any atom is -0.334 e. The van der Waals surface area contributed by atoms with Crippen molar-refractivity contribution >= 4 is 46.4 Å². The van der Waals surface area contributed by atoms with Gasteiger partial charge in [-0.1, -0.05) is 11.6 Å². The zero-order valence-corrected chi connectivity index (χ0v) is 13.8. The van der Waals surface area contributed by atoms with E-state index in [0.717, 1.165) is 0 Å². The Balaban J connectivity index is 1.57. The van der Waals surface area contributed by atoms with Crippen LogP contribution in [0.2, 0.25) is 4.34 Å². The summed E-state index contributed by atoms with van der Waals surface area (Å²) in [5.74, 6) is -0.404. The van der Waals surface area contributed by atoms with Crippen LogP contribution in [-0.2, 0) is 9.59 Å². The molecule has 1 saturated heterocycles. The predicted octanol–water partition coefficient (Wildman–Crippen LogP) is 0.952. The van der Waals surface area contributed by atoms with Crippen molar-refractivity contribution in [3.63, 3.8) is 0 Å². The van der Waals surface area contributed by atoms with Gasteiger partial charge in [0.1, 0.15) is 5.71 Å². The van der Waals surface area contributed by atoms with E-state index in [9.17, 15) is 14.4 Å². The van der Waals surface area contributed by atoms with Gasteiger partial charge in [-0.05, 0) is 12.1 Å². The first-order valence-corrected chi connectivity index (χ1v) is 8.43. The minimum atomic E-state index is -0.174. The lowest BCUT2D eigenvalue weighted by atomic mass is 10.1. The number of nitrogens with zero attached hydrogens (tertiary/aromatic N) is 3. The van der Waals surface area contributed by atoms with Crippen LogP contribution in [0.1, 0.15) is 22.5 Å². The fourth-order valence-electron chi connectivity index (χ4n) is 2.51. The van der Waals surface area contributed by atoms with Gasteiger partial charge in [-0.2, -0.15) is 5.10 Å². The highest BCUT2D eigenvalue weighted by molar-refractivity contribution is 7.17. The van der Waals surface area contributed by atoms with E-state index in [1.807, 2.05) is 0 Å². The summed E-state index contributed by atoms with van der Waals surface area (Å²) >= 11 is 7.11. The van der Waals surface area contributed by atoms with Crippen molar-refractivity contribution in [1.29, 1.82) is 0 Å². The Morgan fingerprint density at radius 3 is 2.26 bits per heavy atom. The number of amides is 3. The Morgan fingerprint density at radius 2 is 1.74 bits per heavy atom. The zero-order valence-electron chi connectivity index (χ0n) is 12.2. The Morgan fingerprint density at radius 1 is 1.09 bits per heavy atom. The topological polar surface area (TPSA) is 82.1 Å². The van der Waals surface area contributed by atoms with E-state index in [2.05, 4.69) is 10.5 Å². The molecule has 2 aliphatic rings. The van der Waals surface area contributed by atoms with Crippen LogP contribution < -0.4 is 5.43 Å². The van der Waals surface area contributed by atoms with Crippen LogP contribution in [0.15, 0.2) is 17.2 Å². The van der Waals surface area contributed by atoms with Gasteiger partial charge in [-0.25, -0.2) is 5.43 Å². The molecule has 0 aromatic carbocycles. The maximum absolute atomic E-state index is 12.3. The maximum atomic E-state index is 12.3. The van der Waals surface area contributed by atoms with Gasteiger partial charge >= 0.3 is 0 Å². The summed E-state index contributed by atoms with van der Waals surface area (Å²) in [6, 6.07) is 3.42. The van der Waals surface area contributed by atoms with Gasteiger partial charge in [0, 0.05) is 39.0 Å². The molecule has 0 spiro atoms. The third-order valence-corrected chi connectivity index (χ3v) is 5.01.